The van der Waals surface area contributed by atoms with E-state index in [2.05, 4.69) is 39.9 Å². The summed E-state index contributed by atoms with van der Waals surface area (Å²) in [5.41, 5.74) is 3.31. The molecule has 2 rings (SSSR count). The summed E-state index contributed by atoms with van der Waals surface area (Å²) in [4.78, 5) is 4.54. The lowest BCUT2D eigenvalue weighted by molar-refractivity contribution is 0.134. The molecule has 0 radical (unpaired) electrons. The van der Waals surface area contributed by atoms with Crippen LogP contribution in [0, 0.1) is 5.82 Å². The van der Waals surface area contributed by atoms with E-state index < -0.39 is 0 Å². The van der Waals surface area contributed by atoms with Crippen molar-refractivity contribution in [2.75, 3.05) is 13.2 Å². The minimum Gasteiger partial charge on any atom is -0.377 e. The Hall–Kier alpha value is -2.40. The van der Waals surface area contributed by atoms with Crippen LogP contribution in [0.15, 0.2) is 53.5 Å². The quantitative estimate of drug-likeness (QED) is 0.568. The first kappa shape index (κ1) is 18.9. The average Bonchev–Trinajstić information content (AvgIpc) is 2.64. The lowest BCUT2D eigenvalue weighted by Crippen LogP contribution is -2.36. The molecule has 0 atom stereocenters. The van der Waals surface area contributed by atoms with Crippen LogP contribution in [0.25, 0.3) is 0 Å². The minimum atomic E-state index is -0.231. The van der Waals surface area contributed by atoms with E-state index in [1.165, 1.54) is 23.3 Å². The molecular weight excluding hydrogens is 317 g/mol. The average molecular weight is 343 g/mol. The highest BCUT2D eigenvalue weighted by atomic mass is 19.1. The lowest BCUT2D eigenvalue weighted by Gasteiger charge is -2.12. The normalized spacial score (nSPS) is 11.4. The van der Waals surface area contributed by atoms with Gasteiger partial charge in [-0.05, 0) is 42.7 Å². The van der Waals surface area contributed by atoms with Gasteiger partial charge in [0.2, 0.25) is 0 Å². The van der Waals surface area contributed by atoms with Crippen LogP contribution < -0.4 is 10.6 Å². The molecule has 2 N–H and O–H groups in total. The Labute approximate surface area is 149 Å². The van der Waals surface area contributed by atoms with Crippen LogP contribution in [0.3, 0.4) is 0 Å². The maximum Gasteiger partial charge on any atom is 0.191 e. The summed E-state index contributed by atoms with van der Waals surface area (Å²) in [7, 11) is 0. The molecule has 5 heteroatoms. The van der Waals surface area contributed by atoms with Crippen molar-refractivity contribution in [1.29, 1.82) is 0 Å². The van der Waals surface area contributed by atoms with Gasteiger partial charge in [-0.15, -0.1) is 0 Å². The molecular formula is C20H26FN3O. The largest absolute Gasteiger partial charge is 0.377 e. The second-order valence-electron chi connectivity index (χ2n) is 5.63. The Morgan fingerprint density at radius 2 is 1.56 bits per heavy atom. The monoisotopic (exact) mass is 343 g/mol. The van der Waals surface area contributed by atoms with E-state index in [1.54, 1.807) is 12.1 Å². The van der Waals surface area contributed by atoms with Gasteiger partial charge < -0.3 is 15.4 Å². The first-order chi connectivity index (χ1) is 12.2. The Bertz CT molecular complexity index is 654. The molecule has 0 aliphatic rings. The highest BCUT2D eigenvalue weighted by Gasteiger charge is 2.00. The van der Waals surface area contributed by atoms with E-state index in [-0.39, 0.29) is 5.82 Å². The van der Waals surface area contributed by atoms with Crippen molar-refractivity contribution in [3.8, 4) is 0 Å². The molecule has 0 amide bonds. The molecule has 0 aliphatic heterocycles. The van der Waals surface area contributed by atoms with Crippen LogP contribution in [0.2, 0.25) is 0 Å². The van der Waals surface area contributed by atoms with Gasteiger partial charge in [0, 0.05) is 19.7 Å². The minimum absolute atomic E-state index is 0.231. The zero-order chi connectivity index (χ0) is 17.9. The van der Waals surface area contributed by atoms with Gasteiger partial charge in [-0.1, -0.05) is 36.4 Å². The summed E-state index contributed by atoms with van der Waals surface area (Å²) in [6.07, 6.45) is 0. The number of aliphatic imine (C=N–C) groups is 1. The Morgan fingerprint density at radius 3 is 2.20 bits per heavy atom. The standard InChI is InChI=1S/C20H26FN3O/c1-3-22-20(24-14-17-9-11-19(21)12-10-17)23-13-16-5-7-18(8-6-16)15-25-4-2/h5-12H,3-4,13-15H2,1-2H3,(H2,22,23,24). The Morgan fingerprint density at radius 1 is 0.920 bits per heavy atom. The maximum atomic E-state index is 12.9. The summed E-state index contributed by atoms with van der Waals surface area (Å²) in [5.74, 6) is 0.510. The van der Waals surface area contributed by atoms with Gasteiger partial charge >= 0.3 is 0 Å². The molecule has 0 aliphatic carbocycles. The molecule has 2 aromatic carbocycles. The third-order valence-electron chi connectivity index (χ3n) is 3.63. The molecule has 4 nitrogen and oxygen atoms in total. The zero-order valence-electron chi connectivity index (χ0n) is 14.9. The molecule has 0 spiro atoms. The summed E-state index contributed by atoms with van der Waals surface area (Å²) in [5, 5.41) is 6.53. The van der Waals surface area contributed by atoms with Crippen molar-refractivity contribution in [3.63, 3.8) is 0 Å². The van der Waals surface area contributed by atoms with Crippen molar-refractivity contribution in [2.24, 2.45) is 4.99 Å². The van der Waals surface area contributed by atoms with E-state index in [4.69, 9.17) is 4.74 Å². The number of benzene rings is 2. The van der Waals surface area contributed by atoms with E-state index >= 15 is 0 Å². The first-order valence-corrected chi connectivity index (χ1v) is 8.63. The molecule has 0 heterocycles. The van der Waals surface area contributed by atoms with Gasteiger partial charge in [0.15, 0.2) is 5.96 Å². The molecule has 0 saturated heterocycles. The fourth-order valence-electron chi connectivity index (χ4n) is 2.26. The molecule has 134 valence electrons. The summed E-state index contributed by atoms with van der Waals surface area (Å²) in [6.45, 7) is 7.35. The third kappa shape index (κ3) is 6.93. The number of guanidine groups is 1. The van der Waals surface area contributed by atoms with Gasteiger partial charge in [0.05, 0.1) is 13.2 Å². The molecule has 0 aromatic heterocycles. The molecule has 2 aromatic rings. The first-order valence-electron chi connectivity index (χ1n) is 8.63. The maximum absolute atomic E-state index is 12.9. The lowest BCUT2D eigenvalue weighted by atomic mass is 10.1. The summed E-state index contributed by atoms with van der Waals surface area (Å²) in [6, 6.07) is 14.7. The van der Waals surface area contributed by atoms with E-state index in [0.717, 1.165) is 24.7 Å². The van der Waals surface area contributed by atoms with Crippen LogP contribution in [0.1, 0.15) is 30.5 Å². The van der Waals surface area contributed by atoms with E-state index in [9.17, 15) is 4.39 Å². The van der Waals surface area contributed by atoms with Crippen LogP contribution in [0.4, 0.5) is 4.39 Å². The van der Waals surface area contributed by atoms with E-state index in [1.807, 2.05) is 13.8 Å². The molecule has 0 unspecified atom stereocenters. The number of nitrogens with one attached hydrogen (secondary N) is 2. The number of hydrogen-bond acceptors (Lipinski definition) is 2. The topological polar surface area (TPSA) is 45.7 Å². The van der Waals surface area contributed by atoms with E-state index in [0.29, 0.717) is 19.7 Å². The second kappa shape index (κ2) is 10.5. The zero-order valence-corrected chi connectivity index (χ0v) is 14.9. The fraction of sp³-hybridized carbons (Fsp3) is 0.350. The number of ether oxygens (including phenoxy) is 1. The summed E-state index contributed by atoms with van der Waals surface area (Å²) < 4.78 is 18.3. The molecule has 0 saturated carbocycles. The van der Waals surface area contributed by atoms with Crippen molar-refractivity contribution < 1.29 is 9.13 Å². The van der Waals surface area contributed by atoms with Crippen LogP contribution in [0.5, 0.6) is 0 Å². The second-order valence-corrected chi connectivity index (χ2v) is 5.63. The van der Waals surface area contributed by atoms with Crippen molar-refractivity contribution in [3.05, 3.63) is 71.0 Å². The smallest absolute Gasteiger partial charge is 0.191 e. The van der Waals surface area contributed by atoms with Gasteiger partial charge in [-0.25, -0.2) is 9.38 Å². The van der Waals surface area contributed by atoms with Gasteiger partial charge in [-0.2, -0.15) is 0 Å². The van der Waals surface area contributed by atoms with Crippen molar-refractivity contribution >= 4 is 5.96 Å². The highest BCUT2D eigenvalue weighted by molar-refractivity contribution is 5.79. The summed E-state index contributed by atoms with van der Waals surface area (Å²) >= 11 is 0. The van der Waals surface area contributed by atoms with Gasteiger partial charge in [0.25, 0.3) is 0 Å². The SMILES string of the molecule is CCNC(=NCc1ccc(F)cc1)NCc1ccc(COCC)cc1. The Kier molecular flexibility index (Phi) is 7.92. The molecule has 0 bridgehead atoms. The molecule has 25 heavy (non-hydrogen) atoms. The molecule has 0 fully saturated rings. The van der Waals surface area contributed by atoms with Crippen molar-refractivity contribution in [2.45, 2.75) is 33.5 Å². The number of rotatable bonds is 8. The van der Waals surface area contributed by atoms with Gasteiger partial charge in [0.1, 0.15) is 5.82 Å². The fourth-order valence-corrected chi connectivity index (χ4v) is 2.26. The number of hydrogen-bond donors (Lipinski definition) is 2. The predicted octanol–water partition coefficient (Wildman–Crippen LogP) is 3.62. The highest BCUT2D eigenvalue weighted by Crippen LogP contribution is 2.06. The van der Waals surface area contributed by atoms with Gasteiger partial charge in [-0.3, -0.25) is 0 Å². The predicted molar refractivity (Wildman–Crippen MR) is 99.8 cm³/mol. The number of halogens is 1. The van der Waals surface area contributed by atoms with Crippen LogP contribution in [-0.4, -0.2) is 19.1 Å². The van der Waals surface area contributed by atoms with Crippen LogP contribution in [-0.2, 0) is 24.4 Å². The number of nitrogens with zero attached hydrogens (tertiary/aromatic N) is 1. The van der Waals surface area contributed by atoms with Crippen molar-refractivity contribution in [1.82, 2.24) is 10.6 Å². The third-order valence-corrected chi connectivity index (χ3v) is 3.63. The van der Waals surface area contributed by atoms with Crippen LogP contribution >= 0.6 is 0 Å². The Balaban J connectivity index is 1.89.